The molecule has 0 N–H and O–H groups in total. The van der Waals surface area contributed by atoms with Crippen LogP contribution in [-0.4, -0.2) is 32.4 Å². The molecular formula is C17H15ClN4O3S2. The summed E-state index contributed by atoms with van der Waals surface area (Å²) in [5.41, 5.74) is -0.0446. The molecule has 140 valence electrons. The SMILES string of the molecule is O=[N+]([O-])c1cc(Cl)ccc1Sc1nnc(-c2cccs2)n1CC1CCCO1. The van der Waals surface area contributed by atoms with E-state index in [1.54, 1.807) is 23.5 Å². The average molecular weight is 423 g/mol. The van der Waals surface area contributed by atoms with Gasteiger partial charge in [-0.25, -0.2) is 0 Å². The fourth-order valence-corrected chi connectivity index (χ4v) is 4.73. The van der Waals surface area contributed by atoms with Crippen LogP contribution in [0, 0.1) is 10.1 Å². The maximum Gasteiger partial charge on any atom is 0.284 e. The molecule has 1 aromatic carbocycles. The Kier molecular flexibility index (Phi) is 5.44. The molecular weight excluding hydrogens is 408 g/mol. The van der Waals surface area contributed by atoms with E-state index >= 15 is 0 Å². The number of hydrogen-bond acceptors (Lipinski definition) is 7. The van der Waals surface area contributed by atoms with Crippen molar-refractivity contribution in [3.05, 3.63) is 50.8 Å². The first-order valence-electron chi connectivity index (χ1n) is 8.32. The van der Waals surface area contributed by atoms with Gasteiger partial charge >= 0.3 is 0 Å². The van der Waals surface area contributed by atoms with Crippen LogP contribution in [0.3, 0.4) is 0 Å². The molecule has 1 atom stereocenters. The topological polar surface area (TPSA) is 83.1 Å². The predicted octanol–water partition coefficient (Wildman–Crippen LogP) is 4.90. The Labute approximate surface area is 168 Å². The summed E-state index contributed by atoms with van der Waals surface area (Å²) in [4.78, 5) is 12.4. The van der Waals surface area contributed by atoms with Gasteiger partial charge in [0.2, 0.25) is 0 Å². The molecule has 0 spiro atoms. The number of rotatable bonds is 6. The van der Waals surface area contributed by atoms with Crippen molar-refractivity contribution in [2.75, 3.05) is 6.61 Å². The minimum Gasteiger partial charge on any atom is -0.376 e. The van der Waals surface area contributed by atoms with Crippen LogP contribution in [0.1, 0.15) is 12.8 Å². The highest BCUT2D eigenvalue weighted by atomic mass is 35.5. The van der Waals surface area contributed by atoms with Crippen molar-refractivity contribution in [2.24, 2.45) is 0 Å². The molecule has 0 bridgehead atoms. The Morgan fingerprint density at radius 2 is 2.30 bits per heavy atom. The van der Waals surface area contributed by atoms with Crippen LogP contribution in [0.25, 0.3) is 10.7 Å². The van der Waals surface area contributed by atoms with Crippen LogP contribution in [0.2, 0.25) is 5.02 Å². The number of thiophene rings is 1. The van der Waals surface area contributed by atoms with Crippen LogP contribution in [-0.2, 0) is 11.3 Å². The Morgan fingerprint density at radius 1 is 1.41 bits per heavy atom. The second kappa shape index (κ2) is 7.97. The fraction of sp³-hybridized carbons (Fsp3) is 0.294. The van der Waals surface area contributed by atoms with E-state index in [0.717, 1.165) is 30.2 Å². The molecule has 7 nitrogen and oxygen atoms in total. The third kappa shape index (κ3) is 4.01. The van der Waals surface area contributed by atoms with Crippen LogP contribution in [0.15, 0.2) is 45.8 Å². The molecule has 3 aromatic rings. The van der Waals surface area contributed by atoms with Gasteiger partial charge in [0.05, 0.1) is 27.3 Å². The third-order valence-electron chi connectivity index (χ3n) is 4.19. The summed E-state index contributed by atoms with van der Waals surface area (Å²) < 4.78 is 7.76. The molecule has 4 rings (SSSR count). The molecule has 0 radical (unpaired) electrons. The first-order valence-corrected chi connectivity index (χ1v) is 10.4. The van der Waals surface area contributed by atoms with Crippen molar-refractivity contribution in [3.63, 3.8) is 0 Å². The van der Waals surface area contributed by atoms with Gasteiger partial charge in [0.15, 0.2) is 11.0 Å². The zero-order valence-corrected chi connectivity index (χ0v) is 16.5. The lowest BCUT2D eigenvalue weighted by Gasteiger charge is -2.14. The molecule has 27 heavy (non-hydrogen) atoms. The molecule has 1 unspecified atom stereocenters. The maximum absolute atomic E-state index is 11.4. The summed E-state index contributed by atoms with van der Waals surface area (Å²) >= 11 is 8.71. The predicted molar refractivity (Wildman–Crippen MR) is 105 cm³/mol. The summed E-state index contributed by atoms with van der Waals surface area (Å²) in [5.74, 6) is 0.750. The first kappa shape index (κ1) is 18.4. The quantitative estimate of drug-likeness (QED) is 0.415. The number of benzene rings is 1. The van der Waals surface area contributed by atoms with Gasteiger partial charge in [-0.2, -0.15) is 0 Å². The highest BCUT2D eigenvalue weighted by Gasteiger charge is 2.24. The van der Waals surface area contributed by atoms with Gasteiger partial charge in [-0.15, -0.1) is 21.5 Å². The normalized spacial score (nSPS) is 16.7. The summed E-state index contributed by atoms with van der Waals surface area (Å²) in [6.07, 6.45) is 2.11. The van der Waals surface area contributed by atoms with Crippen molar-refractivity contribution < 1.29 is 9.66 Å². The van der Waals surface area contributed by atoms with Crippen molar-refractivity contribution in [1.82, 2.24) is 14.8 Å². The molecule has 10 heteroatoms. The molecule has 3 heterocycles. The van der Waals surface area contributed by atoms with Gasteiger partial charge < -0.3 is 4.74 Å². The summed E-state index contributed by atoms with van der Waals surface area (Å²) in [5, 5.41) is 22.9. The molecule has 2 aromatic heterocycles. The Hall–Kier alpha value is -1.94. The molecule has 1 aliphatic heterocycles. The molecule has 0 aliphatic carbocycles. The number of ether oxygens (including phenoxy) is 1. The van der Waals surface area contributed by atoms with Crippen LogP contribution in [0.5, 0.6) is 0 Å². The number of halogens is 1. The van der Waals surface area contributed by atoms with E-state index in [2.05, 4.69) is 10.2 Å². The van der Waals surface area contributed by atoms with Gasteiger partial charge in [0.1, 0.15) is 0 Å². The molecule has 0 amide bonds. The number of aromatic nitrogens is 3. The van der Waals surface area contributed by atoms with E-state index in [-0.39, 0.29) is 11.8 Å². The lowest BCUT2D eigenvalue weighted by molar-refractivity contribution is -0.387. The van der Waals surface area contributed by atoms with E-state index in [4.69, 9.17) is 16.3 Å². The van der Waals surface area contributed by atoms with E-state index < -0.39 is 4.92 Å². The van der Waals surface area contributed by atoms with Crippen LogP contribution >= 0.6 is 34.7 Å². The van der Waals surface area contributed by atoms with Crippen molar-refractivity contribution in [2.45, 2.75) is 35.5 Å². The average Bonchev–Trinajstić information content (AvgIpc) is 3.39. The Bertz CT molecular complexity index is 955. The second-order valence-corrected chi connectivity index (χ2v) is 8.39. The summed E-state index contributed by atoms with van der Waals surface area (Å²) in [7, 11) is 0. The summed E-state index contributed by atoms with van der Waals surface area (Å²) in [6.45, 7) is 1.37. The van der Waals surface area contributed by atoms with Gasteiger partial charge in [-0.3, -0.25) is 14.7 Å². The lowest BCUT2D eigenvalue weighted by atomic mass is 10.2. The van der Waals surface area contributed by atoms with Crippen molar-refractivity contribution in [1.29, 1.82) is 0 Å². The number of nitrogens with zero attached hydrogens (tertiary/aromatic N) is 4. The minimum absolute atomic E-state index is 0.0446. The Balaban J connectivity index is 1.71. The summed E-state index contributed by atoms with van der Waals surface area (Å²) in [6, 6.07) is 8.57. The van der Waals surface area contributed by atoms with Gasteiger partial charge in [-0.1, -0.05) is 17.7 Å². The van der Waals surface area contributed by atoms with E-state index in [0.29, 0.717) is 21.6 Å². The van der Waals surface area contributed by atoms with E-state index in [1.165, 1.54) is 17.8 Å². The smallest absolute Gasteiger partial charge is 0.284 e. The van der Waals surface area contributed by atoms with Gasteiger partial charge in [-0.05, 0) is 48.2 Å². The van der Waals surface area contributed by atoms with Crippen molar-refractivity contribution in [3.8, 4) is 10.7 Å². The Morgan fingerprint density at radius 3 is 3.00 bits per heavy atom. The first-order chi connectivity index (χ1) is 13.1. The maximum atomic E-state index is 11.4. The second-order valence-electron chi connectivity index (χ2n) is 6.00. The zero-order valence-electron chi connectivity index (χ0n) is 14.1. The highest BCUT2D eigenvalue weighted by Crippen LogP contribution is 2.37. The van der Waals surface area contributed by atoms with E-state index in [9.17, 15) is 10.1 Å². The van der Waals surface area contributed by atoms with Gasteiger partial charge in [0, 0.05) is 17.7 Å². The fourth-order valence-electron chi connectivity index (χ4n) is 2.93. The standard InChI is InChI=1S/C17H15ClN4O3S2/c18-11-5-6-14(13(9-11)22(23)24)27-17-20-19-16(15-4-2-8-26-15)21(17)10-12-3-1-7-25-12/h2,4-6,8-9,12H,1,3,7,10H2. The zero-order chi connectivity index (χ0) is 18.8. The number of nitro groups is 1. The van der Waals surface area contributed by atoms with Crippen molar-refractivity contribution >= 4 is 40.4 Å². The third-order valence-corrected chi connectivity index (χ3v) is 6.34. The van der Waals surface area contributed by atoms with Gasteiger partial charge in [0.25, 0.3) is 5.69 Å². The molecule has 1 fully saturated rings. The number of hydrogen-bond donors (Lipinski definition) is 0. The largest absolute Gasteiger partial charge is 0.376 e. The molecule has 0 saturated carbocycles. The molecule has 1 aliphatic rings. The van der Waals surface area contributed by atoms with Crippen LogP contribution < -0.4 is 0 Å². The highest BCUT2D eigenvalue weighted by molar-refractivity contribution is 7.99. The monoisotopic (exact) mass is 422 g/mol. The molecule has 1 saturated heterocycles. The number of nitro benzene ring substituents is 1. The minimum atomic E-state index is -0.435. The lowest BCUT2D eigenvalue weighted by Crippen LogP contribution is -2.16. The van der Waals surface area contributed by atoms with E-state index in [1.807, 2.05) is 22.1 Å². The van der Waals surface area contributed by atoms with Crippen LogP contribution in [0.4, 0.5) is 5.69 Å².